The monoisotopic (exact) mass is 553 g/mol. The fraction of sp³-hybridized carbons (Fsp3) is 0. The van der Waals surface area contributed by atoms with Crippen molar-refractivity contribution < 1.29 is 9.47 Å². The first-order chi connectivity index (χ1) is 20.5. The molecule has 0 saturated heterocycles. The SMILES string of the molecule is O=c1c2cc3c(=O)n(-c4ccc(Oc5ccccc5)cc4)c(=O)c3nc2c(=O)n1-c1ccc(Oc2ccccc2)cc1. The first-order valence-electron chi connectivity index (χ1n) is 13.0. The van der Waals surface area contributed by atoms with E-state index in [2.05, 4.69) is 4.98 Å². The number of nitrogens with zero attached hydrogens (tertiary/aromatic N) is 3. The smallest absolute Gasteiger partial charge is 0.284 e. The summed E-state index contributed by atoms with van der Waals surface area (Å²) in [5, 5.41) is -0.0871. The van der Waals surface area contributed by atoms with E-state index < -0.39 is 22.2 Å². The van der Waals surface area contributed by atoms with Gasteiger partial charge in [0.1, 0.15) is 34.0 Å². The zero-order chi connectivity index (χ0) is 28.8. The Morgan fingerprint density at radius 1 is 0.429 bits per heavy atom. The van der Waals surface area contributed by atoms with Crippen molar-refractivity contribution in [3.8, 4) is 34.4 Å². The molecular weight excluding hydrogens is 534 g/mol. The van der Waals surface area contributed by atoms with Crippen LogP contribution in [-0.4, -0.2) is 14.1 Å². The van der Waals surface area contributed by atoms with Crippen LogP contribution >= 0.6 is 0 Å². The van der Waals surface area contributed by atoms with E-state index in [0.29, 0.717) is 34.4 Å². The van der Waals surface area contributed by atoms with Gasteiger partial charge in [0.05, 0.1) is 22.1 Å². The number of hydrogen-bond donors (Lipinski definition) is 0. The van der Waals surface area contributed by atoms with Crippen molar-refractivity contribution in [2.75, 3.05) is 0 Å². The molecular formula is C33H19N3O6. The molecule has 3 aromatic heterocycles. The minimum Gasteiger partial charge on any atom is -0.457 e. The number of fused-ring (bicyclic) bond motifs is 2. The molecule has 7 rings (SSSR count). The molecule has 9 nitrogen and oxygen atoms in total. The number of ether oxygens (including phenoxy) is 2. The molecule has 0 amide bonds. The maximum atomic E-state index is 13.3. The zero-order valence-electron chi connectivity index (χ0n) is 21.8. The zero-order valence-corrected chi connectivity index (χ0v) is 21.8. The molecule has 9 heteroatoms. The summed E-state index contributed by atoms with van der Waals surface area (Å²) in [6.07, 6.45) is 0. The lowest BCUT2D eigenvalue weighted by molar-refractivity contribution is 0.482. The number of hydrogen-bond acceptors (Lipinski definition) is 7. The molecule has 0 saturated carbocycles. The van der Waals surface area contributed by atoms with Gasteiger partial charge in [-0.1, -0.05) is 36.4 Å². The molecule has 3 heterocycles. The Morgan fingerprint density at radius 3 is 1.17 bits per heavy atom. The van der Waals surface area contributed by atoms with E-state index in [-0.39, 0.29) is 21.8 Å². The standard InChI is InChI=1S/C33H19N3O6/c37-30-26-19-27-29(33(40)36(31(27)38)21-13-17-25(18-14-21)42-23-9-5-2-6-10-23)34-28(26)32(39)35(30)20-11-15-24(16-12-20)41-22-7-3-1-4-8-22/h1-19H. The van der Waals surface area contributed by atoms with Gasteiger partial charge in [0.25, 0.3) is 22.2 Å². The summed E-state index contributed by atoms with van der Waals surface area (Å²) in [6, 6.07) is 32.5. The van der Waals surface area contributed by atoms with Crippen LogP contribution in [0.2, 0.25) is 0 Å². The molecule has 7 aromatic rings. The molecule has 42 heavy (non-hydrogen) atoms. The van der Waals surface area contributed by atoms with E-state index in [4.69, 9.17) is 9.47 Å². The summed E-state index contributed by atoms with van der Waals surface area (Å²) in [5.41, 5.74) is -2.39. The van der Waals surface area contributed by atoms with Crippen LogP contribution < -0.4 is 31.7 Å². The Bertz CT molecular complexity index is 2060. The van der Waals surface area contributed by atoms with Gasteiger partial charge in [-0.3, -0.25) is 19.2 Å². The Labute approximate surface area is 236 Å². The average molecular weight is 554 g/mol. The largest absolute Gasteiger partial charge is 0.457 e. The van der Waals surface area contributed by atoms with Crippen LogP contribution in [0.15, 0.2) is 134 Å². The minimum atomic E-state index is -0.685. The normalized spacial score (nSPS) is 11.2. The molecule has 0 N–H and O–H groups in total. The third-order valence-corrected chi connectivity index (χ3v) is 6.85. The van der Waals surface area contributed by atoms with Crippen molar-refractivity contribution in [3.05, 3.63) is 157 Å². The highest BCUT2D eigenvalue weighted by atomic mass is 16.5. The topological polar surface area (TPSA) is 109 Å². The molecule has 0 unspecified atom stereocenters. The predicted octanol–water partition coefficient (Wildman–Crippen LogP) is 4.87. The third kappa shape index (κ3) is 4.16. The van der Waals surface area contributed by atoms with Crippen LogP contribution in [0.3, 0.4) is 0 Å². The van der Waals surface area contributed by atoms with Crippen molar-refractivity contribution in [1.82, 2.24) is 14.1 Å². The van der Waals surface area contributed by atoms with Crippen LogP contribution in [0.5, 0.6) is 23.0 Å². The molecule has 0 atom stereocenters. The molecule has 0 radical (unpaired) electrons. The summed E-state index contributed by atoms with van der Waals surface area (Å²) < 4.78 is 13.5. The number of benzene rings is 4. The highest BCUT2D eigenvalue weighted by Gasteiger charge is 2.22. The van der Waals surface area contributed by atoms with E-state index in [1.54, 1.807) is 48.5 Å². The molecule has 0 bridgehead atoms. The maximum Gasteiger partial charge on any atom is 0.284 e. The lowest BCUT2D eigenvalue weighted by Gasteiger charge is -2.06. The van der Waals surface area contributed by atoms with Gasteiger partial charge in [-0.25, -0.2) is 14.1 Å². The van der Waals surface area contributed by atoms with Gasteiger partial charge in [-0.15, -0.1) is 0 Å². The molecule has 0 fully saturated rings. The van der Waals surface area contributed by atoms with Gasteiger partial charge < -0.3 is 9.47 Å². The lowest BCUT2D eigenvalue weighted by Crippen LogP contribution is -2.24. The number of aromatic nitrogens is 3. The van der Waals surface area contributed by atoms with E-state index in [1.165, 1.54) is 6.07 Å². The fourth-order valence-electron chi connectivity index (χ4n) is 4.85. The lowest BCUT2D eigenvalue weighted by atomic mass is 10.2. The van der Waals surface area contributed by atoms with Gasteiger partial charge in [0.15, 0.2) is 0 Å². The van der Waals surface area contributed by atoms with Gasteiger partial charge in [-0.05, 0) is 78.9 Å². The summed E-state index contributed by atoms with van der Waals surface area (Å²) in [7, 11) is 0. The minimum absolute atomic E-state index is 0.0435. The Morgan fingerprint density at radius 2 is 0.786 bits per heavy atom. The van der Waals surface area contributed by atoms with E-state index >= 15 is 0 Å². The van der Waals surface area contributed by atoms with Gasteiger partial charge >= 0.3 is 0 Å². The first-order valence-corrected chi connectivity index (χ1v) is 13.0. The predicted molar refractivity (Wildman–Crippen MR) is 158 cm³/mol. The van der Waals surface area contributed by atoms with Crippen LogP contribution in [0.1, 0.15) is 0 Å². The Balaban J connectivity index is 1.25. The Hall–Kier alpha value is -6.09. The number of para-hydroxylation sites is 2. The molecule has 0 aliphatic carbocycles. The maximum absolute atomic E-state index is 13.3. The van der Waals surface area contributed by atoms with Gasteiger partial charge in [0.2, 0.25) is 0 Å². The molecule has 4 aromatic carbocycles. The second-order valence-electron chi connectivity index (χ2n) is 9.49. The summed E-state index contributed by atoms with van der Waals surface area (Å²) in [6.45, 7) is 0. The van der Waals surface area contributed by atoms with Gasteiger partial charge in [0, 0.05) is 0 Å². The highest BCUT2D eigenvalue weighted by molar-refractivity contribution is 5.92. The molecule has 202 valence electrons. The van der Waals surface area contributed by atoms with Crippen molar-refractivity contribution in [3.63, 3.8) is 0 Å². The van der Waals surface area contributed by atoms with Crippen molar-refractivity contribution in [2.45, 2.75) is 0 Å². The van der Waals surface area contributed by atoms with Gasteiger partial charge in [-0.2, -0.15) is 0 Å². The van der Waals surface area contributed by atoms with Crippen LogP contribution in [0, 0.1) is 0 Å². The third-order valence-electron chi connectivity index (χ3n) is 6.85. The molecule has 0 aliphatic rings. The van der Waals surface area contributed by atoms with E-state index in [0.717, 1.165) is 9.13 Å². The van der Waals surface area contributed by atoms with Crippen LogP contribution in [0.25, 0.3) is 33.2 Å². The van der Waals surface area contributed by atoms with Crippen LogP contribution in [0.4, 0.5) is 0 Å². The van der Waals surface area contributed by atoms with Crippen molar-refractivity contribution >= 4 is 21.8 Å². The Kier molecular flexibility index (Phi) is 5.83. The quantitative estimate of drug-likeness (QED) is 0.289. The van der Waals surface area contributed by atoms with E-state index in [9.17, 15) is 19.2 Å². The van der Waals surface area contributed by atoms with Crippen molar-refractivity contribution in [1.29, 1.82) is 0 Å². The molecule has 0 aliphatic heterocycles. The molecule has 0 spiro atoms. The second-order valence-corrected chi connectivity index (χ2v) is 9.49. The fourth-order valence-corrected chi connectivity index (χ4v) is 4.85. The first kappa shape index (κ1) is 24.9. The van der Waals surface area contributed by atoms with E-state index in [1.807, 2.05) is 60.7 Å². The van der Waals surface area contributed by atoms with Crippen LogP contribution in [-0.2, 0) is 0 Å². The second kappa shape index (κ2) is 9.83. The van der Waals surface area contributed by atoms with Crippen molar-refractivity contribution in [2.24, 2.45) is 0 Å². The number of pyridine rings is 1. The number of rotatable bonds is 6. The summed E-state index contributed by atoms with van der Waals surface area (Å²) in [4.78, 5) is 57.5. The summed E-state index contributed by atoms with van der Waals surface area (Å²) >= 11 is 0. The highest BCUT2D eigenvalue weighted by Crippen LogP contribution is 2.24. The average Bonchev–Trinajstić information content (AvgIpc) is 3.41. The summed E-state index contributed by atoms with van der Waals surface area (Å²) in [5.74, 6) is 2.33.